The van der Waals surface area contributed by atoms with E-state index in [0.717, 1.165) is 19.4 Å². The van der Waals surface area contributed by atoms with Crippen LogP contribution in [0.25, 0.3) is 0 Å². The van der Waals surface area contributed by atoms with Gasteiger partial charge in [-0.1, -0.05) is 0 Å². The fraction of sp³-hybridized carbons (Fsp3) is 1.00. The van der Waals surface area contributed by atoms with Crippen molar-refractivity contribution in [1.29, 1.82) is 0 Å². The van der Waals surface area contributed by atoms with E-state index in [-0.39, 0.29) is 18.2 Å². The molecule has 1 aliphatic heterocycles. The molecule has 1 rings (SSSR count). The summed E-state index contributed by atoms with van der Waals surface area (Å²) in [6.07, 6.45) is 2.31. The molecule has 1 aliphatic rings. The smallest absolute Gasteiger partial charge is 0.0806 e. The van der Waals surface area contributed by atoms with Crippen molar-refractivity contribution in [1.82, 2.24) is 0 Å². The fourth-order valence-corrected chi connectivity index (χ4v) is 0.788. The molecule has 0 aliphatic carbocycles. The highest BCUT2D eigenvalue weighted by Gasteiger charge is 2.12. The van der Waals surface area contributed by atoms with Gasteiger partial charge in [0, 0.05) is 6.61 Å². The van der Waals surface area contributed by atoms with Crippen molar-refractivity contribution in [2.24, 2.45) is 0 Å². The molecule has 0 aromatic carbocycles. The second-order valence-electron chi connectivity index (χ2n) is 1.82. The Kier molecular flexibility index (Phi) is 3.77. The van der Waals surface area contributed by atoms with Gasteiger partial charge in [-0.05, 0) is 12.8 Å². The largest absolute Gasteiger partial charge is 0.412 e. The molecule has 3 nitrogen and oxygen atoms in total. The minimum absolute atomic E-state index is 0. The Hall–Kier alpha value is -0.120. The van der Waals surface area contributed by atoms with E-state index in [4.69, 9.17) is 9.84 Å². The monoisotopic (exact) mass is 120 g/mol. The van der Waals surface area contributed by atoms with Crippen LogP contribution < -0.4 is 0 Å². The van der Waals surface area contributed by atoms with Gasteiger partial charge >= 0.3 is 0 Å². The Morgan fingerprint density at radius 1 is 1.62 bits per heavy atom. The Labute approximate surface area is 48.6 Å². The van der Waals surface area contributed by atoms with E-state index in [2.05, 4.69) is 0 Å². The zero-order valence-electron chi connectivity index (χ0n) is 4.76. The molecule has 0 saturated carbocycles. The van der Waals surface area contributed by atoms with Gasteiger partial charge in [-0.2, -0.15) is 0 Å². The summed E-state index contributed by atoms with van der Waals surface area (Å²) >= 11 is 0. The third-order valence-electron chi connectivity index (χ3n) is 1.23. The van der Waals surface area contributed by atoms with Crippen LogP contribution in [0, 0.1) is 0 Å². The van der Waals surface area contributed by atoms with Crippen molar-refractivity contribution >= 4 is 0 Å². The highest BCUT2D eigenvalue weighted by Crippen LogP contribution is 2.09. The average Bonchev–Trinajstić information content (AvgIpc) is 2.14. The maximum Gasteiger partial charge on any atom is 0.0806 e. The lowest BCUT2D eigenvalue weighted by molar-refractivity contribution is 0.0591. The predicted octanol–water partition coefficient (Wildman–Crippen LogP) is -0.667. The second-order valence-corrected chi connectivity index (χ2v) is 1.82. The van der Waals surface area contributed by atoms with Gasteiger partial charge in [0.2, 0.25) is 0 Å². The predicted molar refractivity (Wildman–Crippen MR) is 29.7 cm³/mol. The SMILES string of the molecule is O.OCC1CCCO1. The first kappa shape index (κ1) is 7.88. The summed E-state index contributed by atoms with van der Waals surface area (Å²) in [4.78, 5) is 0. The van der Waals surface area contributed by atoms with Crippen LogP contribution in [-0.2, 0) is 4.74 Å². The van der Waals surface area contributed by atoms with Crippen molar-refractivity contribution in [3.63, 3.8) is 0 Å². The molecule has 1 atom stereocenters. The summed E-state index contributed by atoms with van der Waals surface area (Å²) < 4.78 is 5.05. The molecule has 0 spiro atoms. The van der Waals surface area contributed by atoms with Gasteiger partial charge in [-0.25, -0.2) is 0 Å². The topological polar surface area (TPSA) is 61.0 Å². The Bertz CT molecular complexity index is 49.6. The molecule has 0 bridgehead atoms. The first-order valence-corrected chi connectivity index (χ1v) is 2.66. The molecule has 0 amide bonds. The minimum Gasteiger partial charge on any atom is -0.412 e. The molecular formula is C5H12O3. The quantitative estimate of drug-likeness (QED) is 0.499. The molecule has 50 valence electrons. The highest BCUT2D eigenvalue weighted by molar-refractivity contribution is 4.61. The summed E-state index contributed by atoms with van der Waals surface area (Å²) in [5.74, 6) is 0. The van der Waals surface area contributed by atoms with Crippen molar-refractivity contribution in [2.75, 3.05) is 13.2 Å². The lowest BCUT2D eigenvalue weighted by Gasteiger charge is -2.00. The first-order chi connectivity index (χ1) is 3.43. The zero-order valence-corrected chi connectivity index (χ0v) is 4.76. The molecule has 1 saturated heterocycles. The summed E-state index contributed by atoms with van der Waals surface area (Å²) in [5.41, 5.74) is 0. The number of hydrogen-bond acceptors (Lipinski definition) is 2. The van der Waals surface area contributed by atoms with E-state index >= 15 is 0 Å². The van der Waals surface area contributed by atoms with Gasteiger partial charge in [-0.3, -0.25) is 0 Å². The Balaban J connectivity index is 0.000000490. The second kappa shape index (κ2) is 3.83. The van der Waals surface area contributed by atoms with E-state index in [1.165, 1.54) is 0 Å². The van der Waals surface area contributed by atoms with Crippen LogP contribution in [0.15, 0.2) is 0 Å². The Morgan fingerprint density at radius 3 is 2.62 bits per heavy atom. The van der Waals surface area contributed by atoms with Crippen molar-refractivity contribution in [2.45, 2.75) is 18.9 Å². The third-order valence-corrected chi connectivity index (χ3v) is 1.23. The van der Waals surface area contributed by atoms with E-state index in [9.17, 15) is 0 Å². The maximum absolute atomic E-state index is 8.44. The lowest BCUT2D eigenvalue weighted by atomic mass is 10.2. The summed E-state index contributed by atoms with van der Waals surface area (Å²) in [5, 5.41) is 8.44. The molecule has 0 aromatic heterocycles. The van der Waals surface area contributed by atoms with Crippen LogP contribution >= 0.6 is 0 Å². The molecule has 1 unspecified atom stereocenters. The van der Waals surface area contributed by atoms with Crippen LogP contribution in [0.3, 0.4) is 0 Å². The van der Waals surface area contributed by atoms with E-state index in [1.54, 1.807) is 0 Å². The van der Waals surface area contributed by atoms with Crippen LogP contribution in [0.1, 0.15) is 12.8 Å². The molecule has 0 radical (unpaired) electrons. The number of hydrogen-bond donors (Lipinski definition) is 1. The molecule has 3 N–H and O–H groups in total. The van der Waals surface area contributed by atoms with Crippen LogP contribution in [0.4, 0.5) is 0 Å². The first-order valence-electron chi connectivity index (χ1n) is 2.66. The number of ether oxygens (including phenoxy) is 1. The van der Waals surface area contributed by atoms with Gasteiger partial charge < -0.3 is 15.3 Å². The summed E-state index contributed by atoms with van der Waals surface area (Å²) in [6.45, 7) is 1.03. The normalized spacial score (nSPS) is 27.4. The van der Waals surface area contributed by atoms with E-state index in [1.807, 2.05) is 0 Å². The highest BCUT2D eigenvalue weighted by atomic mass is 16.5. The molecule has 1 heterocycles. The van der Waals surface area contributed by atoms with Crippen LogP contribution in [-0.4, -0.2) is 29.9 Å². The van der Waals surface area contributed by atoms with Gasteiger partial charge in [0.1, 0.15) is 0 Å². The fourth-order valence-electron chi connectivity index (χ4n) is 0.788. The van der Waals surface area contributed by atoms with E-state index in [0.29, 0.717) is 0 Å². The minimum atomic E-state index is 0. The van der Waals surface area contributed by atoms with Gasteiger partial charge in [0.05, 0.1) is 12.7 Å². The van der Waals surface area contributed by atoms with Crippen molar-refractivity contribution in [3.8, 4) is 0 Å². The van der Waals surface area contributed by atoms with Gasteiger partial charge in [0.15, 0.2) is 0 Å². The average molecular weight is 120 g/mol. The number of aliphatic hydroxyl groups is 1. The van der Waals surface area contributed by atoms with Crippen LogP contribution in [0.2, 0.25) is 0 Å². The number of aliphatic hydroxyl groups excluding tert-OH is 1. The molecule has 1 fully saturated rings. The van der Waals surface area contributed by atoms with Crippen molar-refractivity contribution < 1.29 is 15.3 Å². The molecular weight excluding hydrogens is 108 g/mol. The third kappa shape index (κ3) is 1.78. The maximum atomic E-state index is 8.44. The standard InChI is InChI=1S/C5H10O2.H2O/c6-4-5-2-1-3-7-5;/h5-6H,1-4H2;1H2. The summed E-state index contributed by atoms with van der Waals surface area (Å²) in [7, 11) is 0. The molecule has 0 aromatic rings. The van der Waals surface area contributed by atoms with Crippen molar-refractivity contribution in [3.05, 3.63) is 0 Å². The number of rotatable bonds is 1. The van der Waals surface area contributed by atoms with E-state index < -0.39 is 0 Å². The summed E-state index contributed by atoms with van der Waals surface area (Å²) in [6, 6.07) is 0. The van der Waals surface area contributed by atoms with Gasteiger partial charge in [0.25, 0.3) is 0 Å². The van der Waals surface area contributed by atoms with Gasteiger partial charge in [-0.15, -0.1) is 0 Å². The molecule has 3 heteroatoms. The Morgan fingerprint density at radius 2 is 2.38 bits per heavy atom. The lowest BCUT2D eigenvalue weighted by Crippen LogP contribution is -2.09. The molecule has 8 heavy (non-hydrogen) atoms. The van der Waals surface area contributed by atoms with Crippen LogP contribution in [0.5, 0.6) is 0 Å². The zero-order chi connectivity index (χ0) is 5.11.